The van der Waals surface area contributed by atoms with Crippen molar-refractivity contribution in [3.8, 4) is 0 Å². The minimum absolute atomic E-state index is 0.315. The van der Waals surface area contributed by atoms with E-state index in [9.17, 15) is 0 Å². The van der Waals surface area contributed by atoms with Gasteiger partial charge in [-0.1, -0.05) is 29.8 Å². The third-order valence-electron chi connectivity index (χ3n) is 3.71. The predicted octanol–water partition coefficient (Wildman–Crippen LogP) is 1.83. The molecule has 1 heterocycles. The topological polar surface area (TPSA) is 81.3 Å². The normalized spacial score (nSPS) is 11.3. The number of benzene rings is 2. The van der Waals surface area contributed by atoms with E-state index in [0.29, 0.717) is 5.84 Å². The summed E-state index contributed by atoms with van der Waals surface area (Å²) in [6.45, 7) is 2.93. The molecule has 0 aliphatic rings. The highest BCUT2D eigenvalue weighted by atomic mass is 15.3. The van der Waals surface area contributed by atoms with E-state index in [0.717, 1.165) is 23.0 Å². The maximum absolute atomic E-state index is 5.81. The minimum atomic E-state index is 0.315. The number of nitrogens with zero attached hydrogens (tertiary/aromatic N) is 3. The van der Waals surface area contributed by atoms with E-state index in [-0.39, 0.29) is 0 Å². The first-order valence-corrected chi connectivity index (χ1v) is 7.05. The molecule has 3 aromatic rings. The molecule has 4 N–H and O–H groups in total. The fraction of sp³-hybridized carbons (Fsp3) is 0.118. The van der Waals surface area contributed by atoms with E-state index < -0.39 is 0 Å². The standard InChI is InChI=1S/C17H17N5/c1-12-2-4-13(5-3-12)11-22-9-8-14-10-15(6-7-16(14)22)17(18)20-21-19/h2-10H,11H2,1H3,(H3,18,19,20)/p+1. The van der Waals surface area contributed by atoms with Crippen LogP contribution in [0.3, 0.4) is 0 Å². The molecule has 0 atom stereocenters. The van der Waals surface area contributed by atoms with Crippen LogP contribution >= 0.6 is 0 Å². The molecule has 3 rings (SSSR count). The van der Waals surface area contributed by atoms with Crippen LogP contribution in [0.1, 0.15) is 16.7 Å². The van der Waals surface area contributed by atoms with E-state index in [2.05, 4.69) is 58.4 Å². The van der Waals surface area contributed by atoms with Gasteiger partial charge in [0.05, 0.1) is 10.7 Å². The van der Waals surface area contributed by atoms with Crippen LogP contribution in [0.5, 0.6) is 0 Å². The molecule has 1 aromatic heterocycles. The van der Waals surface area contributed by atoms with E-state index >= 15 is 0 Å². The summed E-state index contributed by atoms with van der Waals surface area (Å²) in [6.07, 6.45) is 2.08. The first-order chi connectivity index (χ1) is 10.7. The van der Waals surface area contributed by atoms with Crippen LogP contribution in [0.4, 0.5) is 0 Å². The summed E-state index contributed by atoms with van der Waals surface area (Å²) in [5, 5.41) is 13.8. The van der Waals surface area contributed by atoms with Crippen LogP contribution in [0.25, 0.3) is 10.9 Å². The summed E-state index contributed by atoms with van der Waals surface area (Å²) in [5.74, 6) is 5.35. The Labute approximate surface area is 128 Å². The summed E-state index contributed by atoms with van der Waals surface area (Å²) in [6, 6.07) is 16.6. The summed E-state index contributed by atoms with van der Waals surface area (Å²) in [5.41, 5.74) is 4.51. The number of amidine groups is 1. The van der Waals surface area contributed by atoms with Gasteiger partial charge in [-0.2, -0.15) is 0 Å². The van der Waals surface area contributed by atoms with Crippen molar-refractivity contribution >= 4 is 16.7 Å². The Bertz CT molecular complexity index is 843. The summed E-state index contributed by atoms with van der Waals surface area (Å²) < 4.78 is 2.21. The van der Waals surface area contributed by atoms with Gasteiger partial charge >= 0.3 is 5.84 Å². The second kappa shape index (κ2) is 5.81. The van der Waals surface area contributed by atoms with Crippen LogP contribution in [-0.4, -0.2) is 10.4 Å². The zero-order valence-electron chi connectivity index (χ0n) is 12.4. The lowest BCUT2D eigenvalue weighted by atomic mass is 10.1. The minimum Gasteiger partial charge on any atom is -0.343 e. The number of hydrogen-bond acceptors (Lipinski definition) is 1. The SMILES string of the molecule is Cc1ccc(Cn2ccc3cc(C(=[NH2+])N=NN)ccc32)cc1. The third-order valence-corrected chi connectivity index (χ3v) is 3.71. The van der Waals surface area contributed by atoms with Gasteiger partial charge < -0.3 is 4.57 Å². The highest BCUT2D eigenvalue weighted by Gasteiger charge is 2.10. The largest absolute Gasteiger partial charge is 0.350 e. The average molecular weight is 292 g/mol. The molecule has 110 valence electrons. The Morgan fingerprint density at radius 2 is 1.91 bits per heavy atom. The first-order valence-electron chi connectivity index (χ1n) is 7.05. The zero-order chi connectivity index (χ0) is 15.5. The van der Waals surface area contributed by atoms with Crippen molar-refractivity contribution < 1.29 is 5.41 Å². The maximum atomic E-state index is 5.81. The van der Waals surface area contributed by atoms with Crippen LogP contribution in [0, 0.1) is 6.92 Å². The van der Waals surface area contributed by atoms with Crippen molar-refractivity contribution in [2.24, 2.45) is 16.2 Å². The van der Waals surface area contributed by atoms with E-state index in [1.165, 1.54) is 11.1 Å². The number of rotatable bonds is 3. The van der Waals surface area contributed by atoms with E-state index in [1.807, 2.05) is 18.2 Å². The monoisotopic (exact) mass is 292 g/mol. The molecule has 2 aromatic carbocycles. The molecule has 5 nitrogen and oxygen atoms in total. The summed E-state index contributed by atoms with van der Waals surface area (Å²) >= 11 is 0. The van der Waals surface area contributed by atoms with E-state index in [4.69, 9.17) is 11.3 Å². The Balaban J connectivity index is 1.92. The van der Waals surface area contributed by atoms with Gasteiger partial charge in [-0.05, 0) is 36.8 Å². The third kappa shape index (κ3) is 2.74. The summed E-state index contributed by atoms with van der Waals surface area (Å²) in [7, 11) is 0. The second-order valence-electron chi connectivity index (χ2n) is 5.30. The lowest BCUT2D eigenvalue weighted by Gasteiger charge is -2.06. The van der Waals surface area contributed by atoms with Crippen LogP contribution in [0.2, 0.25) is 0 Å². The molecule has 0 unspecified atom stereocenters. The molecule has 0 saturated carbocycles. The molecule has 0 spiro atoms. The van der Waals surface area contributed by atoms with Crippen molar-refractivity contribution in [1.29, 1.82) is 0 Å². The van der Waals surface area contributed by atoms with Gasteiger partial charge in [-0.15, -0.1) is 0 Å². The van der Waals surface area contributed by atoms with Crippen molar-refractivity contribution in [2.75, 3.05) is 0 Å². The Hall–Kier alpha value is -2.95. The smallest absolute Gasteiger partial charge is 0.343 e. The Morgan fingerprint density at radius 1 is 1.14 bits per heavy atom. The van der Waals surface area contributed by atoms with Crippen molar-refractivity contribution in [3.05, 3.63) is 71.4 Å². The summed E-state index contributed by atoms with van der Waals surface area (Å²) in [4.78, 5) is 0. The van der Waals surface area contributed by atoms with Gasteiger partial charge in [0, 0.05) is 28.9 Å². The maximum Gasteiger partial charge on any atom is 0.350 e. The molecule has 0 bridgehead atoms. The van der Waals surface area contributed by atoms with Crippen LogP contribution < -0.4 is 11.3 Å². The number of aryl methyl sites for hydroxylation is 1. The van der Waals surface area contributed by atoms with Gasteiger partial charge in [0.15, 0.2) is 0 Å². The fourth-order valence-corrected chi connectivity index (χ4v) is 2.51. The number of hydrogen-bond donors (Lipinski definition) is 2. The van der Waals surface area contributed by atoms with Crippen molar-refractivity contribution in [1.82, 2.24) is 4.57 Å². The molecule has 5 heteroatoms. The van der Waals surface area contributed by atoms with Gasteiger partial charge in [-0.25, -0.2) is 0 Å². The lowest BCUT2D eigenvalue weighted by molar-refractivity contribution is -0.114. The van der Waals surface area contributed by atoms with Crippen LogP contribution in [0.15, 0.2) is 65.1 Å². The zero-order valence-corrected chi connectivity index (χ0v) is 12.4. The molecule has 0 amide bonds. The predicted molar refractivity (Wildman–Crippen MR) is 87.3 cm³/mol. The van der Waals surface area contributed by atoms with Crippen molar-refractivity contribution in [3.63, 3.8) is 0 Å². The molecular weight excluding hydrogens is 274 g/mol. The number of fused-ring (bicyclic) bond motifs is 1. The van der Waals surface area contributed by atoms with E-state index in [1.54, 1.807) is 0 Å². The highest BCUT2D eigenvalue weighted by Crippen LogP contribution is 2.19. The van der Waals surface area contributed by atoms with Gasteiger partial charge in [0.2, 0.25) is 0 Å². The fourth-order valence-electron chi connectivity index (χ4n) is 2.51. The average Bonchev–Trinajstić information content (AvgIpc) is 2.92. The molecule has 0 aliphatic heterocycles. The molecule has 0 aliphatic carbocycles. The van der Waals surface area contributed by atoms with Gasteiger partial charge in [0.25, 0.3) is 0 Å². The second-order valence-corrected chi connectivity index (χ2v) is 5.30. The molecule has 0 fully saturated rings. The number of nitrogens with two attached hydrogens (primary N) is 2. The highest BCUT2D eigenvalue weighted by molar-refractivity contribution is 5.98. The van der Waals surface area contributed by atoms with Gasteiger partial charge in [-0.3, -0.25) is 11.3 Å². The Kier molecular flexibility index (Phi) is 3.70. The molecule has 0 saturated heterocycles. The molecular formula is C17H18N5+. The lowest BCUT2D eigenvalue weighted by Crippen LogP contribution is -2.38. The number of aromatic nitrogens is 1. The van der Waals surface area contributed by atoms with Crippen LogP contribution in [-0.2, 0) is 6.54 Å². The first kappa shape index (κ1) is 14.0. The quantitative estimate of drug-likeness (QED) is 0.249. The Morgan fingerprint density at radius 3 is 2.64 bits per heavy atom. The molecule has 0 radical (unpaired) electrons. The van der Waals surface area contributed by atoms with Gasteiger partial charge in [0.1, 0.15) is 0 Å². The molecule has 22 heavy (non-hydrogen) atoms. The van der Waals surface area contributed by atoms with Crippen molar-refractivity contribution in [2.45, 2.75) is 13.5 Å².